The highest BCUT2D eigenvalue weighted by atomic mass is 32.2. The number of rotatable bonds is 4. The Morgan fingerprint density at radius 3 is 2.76 bits per heavy atom. The smallest absolute Gasteiger partial charge is 0.173 e. The number of phenols is 1. The van der Waals surface area contributed by atoms with Crippen LogP contribution in [0.3, 0.4) is 0 Å². The molecule has 1 aliphatic rings. The highest BCUT2D eigenvalue weighted by Crippen LogP contribution is 2.39. The van der Waals surface area contributed by atoms with Crippen LogP contribution in [0.5, 0.6) is 5.75 Å². The van der Waals surface area contributed by atoms with Gasteiger partial charge in [-0.3, -0.25) is 4.79 Å². The van der Waals surface area contributed by atoms with Crippen molar-refractivity contribution in [3.63, 3.8) is 0 Å². The molecule has 1 aliphatic carbocycles. The predicted octanol–water partition coefficient (Wildman–Crippen LogP) is 4.56. The van der Waals surface area contributed by atoms with Gasteiger partial charge in [0.25, 0.3) is 0 Å². The van der Waals surface area contributed by atoms with Crippen molar-refractivity contribution >= 4 is 39.1 Å². The third-order valence-corrected chi connectivity index (χ3v) is 6.58. The molecule has 1 N–H and O–H groups in total. The number of hydrogen-bond acceptors (Lipinski definition) is 6. The van der Waals surface area contributed by atoms with Crippen LogP contribution in [0.25, 0.3) is 10.2 Å². The van der Waals surface area contributed by atoms with E-state index in [0.29, 0.717) is 11.3 Å². The van der Waals surface area contributed by atoms with E-state index in [-0.39, 0.29) is 11.5 Å². The Hall–Kier alpha value is -1.92. The van der Waals surface area contributed by atoms with Gasteiger partial charge in [0.1, 0.15) is 21.4 Å². The van der Waals surface area contributed by atoms with Gasteiger partial charge in [-0.05, 0) is 62.4 Å². The molecule has 0 radical (unpaired) electrons. The van der Waals surface area contributed by atoms with Gasteiger partial charge in [0.2, 0.25) is 0 Å². The van der Waals surface area contributed by atoms with Crippen LogP contribution in [0.2, 0.25) is 0 Å². The van der Waals surface area contributed by atoms with Crippen LogP contribution >= 0.6 is 23.1 Å². The fraction of sp³-hybridized carbons (Fsp3) is 0.316. The number of phenolic OH excluding ortho intramolecular Hbond substituents is 1. The monoisotopic (exact) mass is 370 g/mol. The molecule has 25 heavy (non-hydrogen) atoms. The van der Waals surface area contributed by atoms with Crippen molar-refractivity contribution in [3.8, 4) is 5.75 Å². The van der Waals surface area contributed by atoms with E-state index < -0.39 is 0 Å². The molecule has 4 rings (SSSR count). The molecule has 0 fully saturated rings. The van der Waals surface area contributed by atoms with E-state index in [1.165, 1.54) is 35.0 Å². The average molecular weight is 370 g/mol. The zero-order valence-corrected chi connectivity index (χ0v) is 15.5. The fourth-order valence-corrected chi connectivity index (χ4v) is 5.56. The topological polar surface area (TPSA) is 63.1 Å². The summed E-state index contributed by atoms with van der Waals surface area (Å²) >= 11 is 3.28. The lowest BCUT2D eigenvalue weighted by Gasteiger charge is -2.11. The molecule has 0 amide bonds. The van der Waals surface area contributed by atoms with Crippen LogP contribution in [0.4, 0.5) is 0 Å². The SMILES string of the molecule is Cc1nc(SCC(=O)c2ccc(O)cc2)c2c3c(sc2n1)CCCC3. The van der Waals surface area contributed by atoms with Crippen molar-refractivity contribution < 1.29 is 9.90 Å². The number of ketones is 1. The van der Waals surface area contributed by atoms with Crippen LogP contribution in [0, 0.1) is 6.92 Å². The van der Waals surface area contributed by atoms with Crippen molar-refractivity contribution in [2.45, 2.75) is 37.6 Å². The third kappa shape index (κ3) is 3.28. The van der Waals surface area contributed by atoms with Gasteiger partial charge in [-0.25, -0.2) is 9.97 Å². The molecule has 128 valence electrons. The summed E-state index contributed by atoms with van der Waals surface area (Å²) in [6, 6.07) is 6.40. The molecule has 4 nitrogen and oxygen atoms in total. The molecule has 0 saturated heterocycles. The van der Waals surface area contributed by atoms with Gasteiger partial charge >= 0.3 is 0 Å². The zero-order valence-electron chi connectivity index (χ0n) is 13.9. The quantitative estimate of drug-likeness (QED) is 0.414. The van der Waals surface area contributed by atoms with Crippen molar-refractivity contribution in [1.29, 1.82) is 0 Å². The maximum Gasteiger partial charge on any atom is 0.173 e. The first-order chi connectivity index (χ1) is 12.1. The highest BCUT2D eigenvalue weighted by molar-refractivity contribution is 8.00. The number of carbonyl (C=O) groups excluding carboxylic acids is 1. The van der Waals surface area contributed by atoms with E-state index in [1.54, 1.807) is 35.6 Å². The number of aromatic hydroxyl groups is 1. The molecule has 0 aliphatic heterocycles. The number of fused-ring (bicyclic) bond motifs is 3. The number of nitrogens with zero attached hydrogens (tertiary/aromatic N) is 2. The Morgan fingerprint density at radius 1 is 1.20 bits per heavy atom. The summed E-state index contributed by atoms with van der Waals surface area (Å²) in [6.07, 6.45) is 4.67. The molecular weight excluding hydrogens is 352 g/mol. The van der Waals surface area contributed by atoms with E-state index >= 15 is 0 Å². The summed E-state index contributed by atoms with van der Waals surface area (Å²) in [5.74, 6) is 1.30. The largest absolute Gasteiger partial charge is 0.508 e. The molecule has 0 bridgehead atoms. The van der Waals surface area contributed by atoms with Crippen molar-refractivity contribution in [3.05, 3.63) is 46.1 Å². The summed E-state index contributed by atoms with van der Waals surface area (Å²) in [5, 5.41) is 11.4. The molecule has 2 aromatic heterocycles. The minimum atomic E-state index is 0.0403. The number of benzene rings is 1. The molecular formula is C19H18N2O2S2. The number of thioether (sulfide) groups is 1. The normalized spacial score (nSPS) is 13.8. The first kappa shape index (κ1) is 16.5. The molecule has 2 heterocycles. The molecule has 0 saturated carbocycles. The average Bonchev–Trinajstić information content (AvgIpc) is 2.98. The van der Waals surface area contributed by atoms with Gasteiger partial charge in [0.05, 0.1) is 5.75 Å². The number of aromatic nitrogens is 2. The van der Waals surface area contributed by atoms with E-state index in [2.05, 4.69) is 9.97 Å². The van der Waals surface area contributed by atoms with Gasteiger partial charge in [0, 0.05) is 15.8 Å². The van der Waals surface area contributed by atoms with E-state index in [4.69, 9.17) is 0 Å². The summed E-state index contributed by atoms with van der Waals surface area (Å²) in [4.78, 5) is 24.2. The Labute approximate surface area is 154 Å². The number of hydrogen-bond donors (Lipinski definition) is 1. The second kappa shape index (κ2) is 6.77. The standard InChI is InChI=1S/C19H18N2O2S2/c1-11-20-18(24-10-15(23)12-6-8-13(22)9-7-12)17-14-4-2-3-5-16(14)25-19(17)21-11/h6-9,22H,2-5,10H2,1H3. The second-order valence-corrected chi connectivity index (χ2v) is 8.27. The first-order valence-corrected chi connectivity index (χ1v) is 10.2. The van der Waals surface area contributed by atoms with Gasteiger partial charge in [-0.15, -0.1) is 11.3 Å². The van der Waals surface area contributed by atoms with E-state index in [0.717, 1.165) is 33.9 Å². The lowest BCUT2D eigenvalue weighted by Crippen LogP contribution is -2.04. The molecule has 1 aromatic carbocycles. The Balaban J connectivity index is 1.63. The number of carbonyl (C=O) groups is 1. The van der Waals surface area contributed by atoms with Crippen molar-refractivity contribution in [2.24, 2.45) is 0 Å². The Morgan fingerprint density at radius 2 is 1.96 bits per heavy atom. The molecule has 0 spiro atoms. The first-order valence-electron chi connectivity index (χ1n) is 8.36. The van der Waals surface area contributed by atoms with E-state index in [1.807, 2.05) is 6.92 Å². The van der Waals surface area contributed by atoms with Gasteiger partial charge in [0.15, 0.2) is 5.78 Å². The van der Waals surface area contributed by atoms with Gasteiger partial charge in [-0.1, -0.05) is 11.8 Å². The fourth-order valence-electron chi connectivity index (χ4n) is 3.19. The van der Waals surface area contributed by atoms with Crippen molar-refractivity contribution in [1.82, 2.24) is 9.97 Å². The third-order valence-electron chi connectivity index (χ3n) is 4.42. The second-order valence-electron chi connectivity index (χ2n) is 6.23. The lowest BCUT2D eigenvalue weighted by atomic mass is 9.97. The zero-order chi connectivity index (χ0) is 17.4. The minimum absolute atomic E-state index is 0.0403. The summed E-state index contributed by atoms with van der Waals surface area (Å²) < 4.78 is 0. The lowest BCUT2D eigenvalue weighted by molar-refractivity contribution is 0.102. The van der Waals surface area contributed by atoms with Crippen LogP contribution in [0.15, 0.2) is 29.3 Å². The molecule has 0 unspecified atom stereocenters. The number of aryl methyl sites for hydroxylation is 3. The van der Waals surface area contributed by atoms with Gasteiger partial charge < -0.3 is 5.11 Å². The Bertz CT molecular complexity index is 948. The minimum Gasteiger partial charge on any atom is -0.508 e. The van der Waals surface area contributed by atoms with Crippen LogP contribution in [-0.2, 0) is 12.8 Å². The van der Waals surface area contributed by atoms with E-state index in [9.17, 15) is 9.90 Å². The summed E-state index contributed by atoms with van der Waals surface area (Å²) in [7, 11) is 0. The Kier molecular flexibility index (Phi) is 4.48. The summed E-state index contributed by atoms with van der Waals surface area (Å²) in [5.41, 5.74) is 2.01. The summed E-state index contributed by atoms with van der Waals surface area (Å²) in [6.45, 7) is 1.91. The van der Waals surface area contributed by atoms with Gasteiger partial charge in [-0.2, -0.15) is 0 Å². The maximum absolute atomic E-state index is 12.4. The van der Waals surface area contributed by atoms with Crippen LogP contribution in [-0.4, -0.2) is 26.6 Å². The van der Waals surface area contributed by atoms with Crippen LogP contribution < -0.4 is 0 Å². The molecule has 0 atom stereocenters. The maximum atomic E-state index is 12.4. The highest BCUT2D eigenvalue weighted by Gasteiger charge is 2.21. The predicted molar refractivity (Wildman–Crippen MR) is 102 cm³/mol. The van der Waals surface area contributed by atoms with Crippen molar-refractivity contribution in [2.75, 3.05) is 5.75 Å². The molecule has 3 aromatic rings. The molecule has 6 heteroatoms. The number of thiophene rings is 1. The van der Waals surface area contributed by atoms with Crippen LogP contribution in [0.1, 0.15) is 39.5 Å². The number of Topliss-reactive ketones (excluding diaryl/α,β-unsaturated/α-hetero) is 1.